The summed E-state index contributed by atoms with van der Waals surface area (Å²) in [5, 5.41) is 4.23. The molecule has 0 atom stereocenters. The lowest BCUT2D eigenvalue weighted by Gasteiger charge is -2.06. The molecule has 0 unspecified atom stereocenters. The molecule has 0 saturated heterocycles. The first-order valence-electron chi connectivity index (χ1n) is 6.98. The number of carbonyl (C=O) groups excluding carboxylic acids is 2. The first kappa shape index (κ1) is 17.5. The number of hydrogen-bond acceptors (Lipinski definition) is 5. The molecule has 1 amide bonds. The molecule has 0 heterocycles. The van der Waals surface area contributed by atoms with Gasteiger partial charge >= 0.3 is 5.97 Å². The van der Waals surface area contributed by atoms with Gasteiger partial charge in [-0.1, -0.05) is 41.9 Å². The number of amides is 1. The summed E-state index contributed by atoms with van der Waals surface area (Å²) in [6, 6.07) is 13.6. The number of benzene rings is 2. The van der Waals surface area contributed by atoms with Gasteiger partial charge in [-0.2, -0.15) is 5.10 Å². The third kappa shape index (κ3) is 4.82. The van der Waals surface area contributed by atoms with Crippen molar-refractivity contribution in [3.05, 3.63) is 64.7 Å². The van der Waals surface area contributed by atoms with Gasteiger partial charge in [0.25, 0.3) is 5.91 Å². The van der Waals surface area contributed by atoms with Gasteiger partial charge in [0.2, 0.25) is 0 Å². The van der Waals surface area contributed by atoms with Gasteiger partial charge in [0.15, 0.2) is 6.61 Å². The molecule has 0 aliphatic carbocycles. The highest BCUT2D eigenvalue weighted by Gasteiger charge is 2.09. The number of ether oxygens (including phenoxy) is 2. The van der Waals surface area contributed by atoms with Crippen molar-refractivity contribution in [1.29, 1.82) is 0 Å². The lowest BCUT2D eigenvalue weighted by atomic mass is 10.1. The molecule has 0 spiro atoms. The van der Waals surface area contributed by atoms with Crippen molar-refractivity contribution in [2.24, 2.45) is 5.10 Å². The van der Waals surface area contributed by atoms with Crippen molar-refractivity contribution < 1.29 is 19.1 Å². The molecule has 0 aliphatic rings. The Hall–Kier alpha value is -2.86. The zero-order valence-corrected chi connectivity index (χ0v) is 13.6. The Bertz CT molecular complexity index is 762. The highest BCUT2D eigenvalue weighted by atomic mass is 35.5. The SMILES string of the molecule is COC(=O)c1ccccc1/C=N\NC(=O)COc1ccccc1Cl. The molecule has 1 N–H and O–H groups in total. The van der Waals surface area contributed by atoms with E-state index in [1.165, 1.54) is 13.3 Å². The van der Waals surface area contributed by atoms with Gasteiger partial charge in [-0.25, -0.2) is 10.2 Å². The lowest BCUT2D eigenvalue weighted by molar-refractivity contribution is -0.123. The number of halogens is 1. The van der Waals surface area contributed by atoms with Crippen molar-refractivity contribution in [2.45, 2.75) is 0 Å². The fourth-order valence-corrected chi connectivity index (χ4v) is 2.01. The highest BCUT2D eigenvalue weighted by Crippen LogP contribution is 2.22. The van der Waals surface area contributed by atoms with E-state index in [1.54, 1.807) is 48.5 Å². The van der Waals surface area contributed by atoms with E-state index in [2.05, 4.69) is 15.3 Å². The van der Waals surface area contributed by atoms with Gasteiger partial charge in [-0.3, -0.25) is 4.79 Å². The molecule has 0 saturated carbocycles. The molecular weight excluding hydrogens is 332 g/mol. The van der Waals surface area contributed by atoms with Crippen LogP contribution in [0, 0.1) is 0 Å². The van der Waals surface area contributed by atoms with E-state index in [0.29, 0.717) is 21.9 Å². The lowest BCUT2D eigenvalue weighted by Crippen LogP contribution is -2.24. The van der Waals surface area contributed by atoms with Crippen LogP contribution < -0.4 is 10.2 Å². The van der Waals surface area contributed by atoms with Gasteiger partial charge in [-0.05, 0) is 18.2 Å². The zero-order chi connectivity index (χ0) is 17.4. The van der Waals surface area contributed by atoms with Crippen LogP contribution in [0.1, 0.15) is 15.9 Å². The molecule has 6 nitrogen and oxygen atoms in total. The fourth-order valence-electron chi connectivity index (χ4n) is 1.82. The summed E-state index contributed by atoms with van der Waals surface area (Å²) in [5.41, 5.74) is 3.19. The molecule has 7 heteroatoms. The Labute approximate surface area is 144 Å². The number of hydrazone groups is 1. The molecule has 2 aromatic carbocycles. The first-order valence-corrected chi connectivity index (χ1v) is 7.36. The number of nitrogens with zero attached hydrogens (tertiary/aromatic N) is 1. The van der Waals surface area contributed by atoms with E-state index < -0.39 is 11.9 Å². The average Bonchev–Trinajstić information content (AvgIpc) is 2.61. The van der Waals surface area contributed by atoms with Crippen LogP contribution in [0.25, 0.3) is 0 Å². The molecule has 0 fully saturated rings. The van der Waals surface area contributed by atoms with Crippen molar-refractivity contribution in [2.75, 3.05) is 13.7 Å². The second-order valence-electron chi connectivity index (χ2n) is 4.59. The molecule has 2 aromatic rings. The van der Waals surface area contributed by atoms with Crippen LogP contribution in [0.3, 0.4) is 0 Å². The summed E-state index contributed by atoms with van der Waals surface area (Å²) in [6.07, 6.45) is 1.36. The third-order valence-corrected chi connectivity index (χ3v) is 3.27. The first-order chi connectivity index (χ1) is 11.6. The molecule has 2 rings (SSSR count). The summed E-state index contributed by atoms with van der Waals surface area (Å²) in [5.74, 6) is -0.526. The topological polar surface area (TPSA) is 77.0 Å². The second kappa shape index (κ2) is 8.69. The minimum Gasteiger partial charge on any atom is -0.482 e. The van der Waals surface area contributed by atoms with Crippen LogP contribution in [-0.2, 0) is 9.53 Å². The minimum atomic E-state index is -0.481. The standard InChI is InChI=1S/C17H15ClN2O4/c1-23-17(22)13-7-3-2-6-12(13)10-19-20-16(21)11-24-15-9-5-4-8-14(15)18/h2-10H,11H2,1H3,(H,20,21)/b19-10-. The fraction of sp³-hybridized carbons (Fsp3) is 0.118. The summed E-state index contributed by atoms with van der Waals surface area (Å²) in [6.45, 7) is -0.236. The van der Waals surface area contributed by atoms with Crippen LogP contribution in [-0.4, -0.2) is 31.8 Å². The van der Waals surface area contributed by atoms with Crippen molar-refractivity contribution >= 4 is 29.7 Å². The summed E-state index contributed by atoms with van der Waals surface area (Å²) < 4.78 is 9.97. The van der Waals surface area contributed by atoms with Crippen LogP contribution in [0.4, 0.5) is 0 Å². The summed E-state index contributed by atoms with van der Waals surface area (Å²) in [7, 11) is 1.30. The quantitative estimate of drug-likeness (QED) is 0.495. The maximum Gasteiger partial charge on any atom is 0.338 e. The Balaban J connectivity index is 1.91. The zero-order valence-electron chi connectivity index (χ0n) is 12.9. The summed E-state index contributed by atoms with van der Waals surface area (Å²) in [4.78, 5) is 23.3. The Morgan fingerprint density at radius 2 is 1.88 bits per heavy atom. The minimum absolute atomic E-state index is 0.236. The van der Waals surface area contributed by atoms with E-state index in [-0.39, 0.29) is 6.61 Å². The number of rotatable bonds is 6. The second-order valence-corrected chi connectivity index (χ2v) is 5.00. The van der Waals surface area contributed by atoms with Crippen molar-refractivity contribution in [3.63, 3.8) is 0 Å². The van der Waals surface area contributed by atoms with Crippen LogP contribution in [0.2, 0.25) is 5.02 Å². The summed E-state index contributed by atoms with van der Waals surface area (Å²) >= 11 is 5.92. The van der Waals surface area contributed by atoms with Crippen LogP contribution >= 0.6 is 11.6 Å². The Kier molecular flexibility index (Phi) is 6.33. The van der Waals surface area contributed by atoms with Gasteiger partial charge in [-0.15, -0.1) is 0 Å². The molecule has 0 radical (unpaired) electrons. The van der Waals surface area contributed by atoms with Gasteiger partial charge in [0.1, 0.15) is 5.75 Å². The van der Waals surface area contributed by atoms with E-state index in [4.69, 9.17) is 16.3 Å². The third-order valence-electron chi connectivity index (χ3n) is 2.95. The number of nitrogens with one attached hydrogen (secondary N) is 1. The molecule has 0 aliphatic heterocycles. The van der Waals surface area contributed by atoms with E-state index in [1.807, 2.05) is 0 Å². The van der Waals surface area contributed by atoms with E-state index in [0.717, 1.165) is 0 Å². The van der Waals surface area contributed by atoms with Crippen molar-refractivity contribution in [3.8, 4) is 5.75 Å². The van der Waals surface area contributed by atoms with Crippen LogP contribution in [0.15, 0.2) is 53.6 Å². The number of para-hydroxylation sites is 1. The largest absolute Gasteiger partial charge is 0.482 e. The normalized spacial score (nSPS) is 10.4. The number of esters is 1. The predicted molar refractivity (Wildman–Crippen MR) is 90.5 cm³/mol. The number of methoxy groups -OCH3 is 1. The van der Waals surface area contributed by atoms with E-state index in [9.17, 15) is 9.59 Å². The Morgan fingerprint density at radius 3 is 2.62 bits per heavy atom. The predicted octanol–water partition coefficient (Wildman–Crippen LogP) is 2.66. The highest BCUT2D eigenvalue weighted by molar-refractivity contribution is 6.32. The monoisotopic (exact) mass is 346 g/mol. The number of hydrogen-bond donors (Lipinski definition) is 1. The van der Waals surface area contributed by atoms with E-state index >= 15 is 0 Å². The maximum atomic E-state index is 11.7. The number of carbonyl (C=O) groups is 2. The van der Waals surface area contributed by atoms with Crippen molar-refractivity contribution in [1.82, 2.24) is 5.43 Å². The molecule has 24 heavy (non-hydrogen) atoms. The van der Waals surface area contributed by atoms with Gasteiger partial charge < -0.3 is 9.47 Å². The molecule has 0 bridgehead atoms. The van der Waals surface area contributed by atoms with Gasteiger partial charge in [0.05, 0.1) is 23.9 Å². The van der Waals surface area contributed by atoms with Gasteiger partial charge in [0, 0.05) is 5.56 Å². The Morgan fingerprint density at radius 1 is 1.17 bits per heavy atom. The smallest absolute Gasteiger partial charge is 0.338 e. The molecular formula is C17H15ClN2O4. The van der Waals surface area contributed by atoms with Crippen LogP contribution in [0.5, 0.6) is 5.75 Å². The average molecular weight is 347 g/mol. The molecule has 124 valence electrons. The molecule has 0 aromatic heterocycles. The maximum absolute atomic E-state index is 11.7.